The summed E-state index contributed by atoms with van der Waals surface area (Å²) in [6, 6.07) is 16.2. The second-order valence-electron chi connectivity index (χ2n) is 6.72. The molecule has 2 nitrogen and oxygen atoms in total. The molecule has 0 bridgehead atoms. The molecule has 0 N–H and O–H groups in total. The minimum absolute atomic E-state index is 0.0704. The van der Waals surface area contributed by atoms with Crippen LogP contribution in [-0.4, -0.2) is 14.3 Å². The van der Waals surface area contributed by atoms with Crippen molar-refractivity contribution in [2.24, 2.45) is 0 Å². The Morgan fingerprint density at radius 2 is 1.65 bits per heavy atom. The topological polar surface area (TPSA) is 17.8 Å². The summed E-state index contributed by atoms with van der Waals surface area (Å²) >= 11 is 13.9. The van der Waals surface area contributed by atoms with Crippen LogP contribution in [-0.2, 0) is 13.0 Å². The minimum atomic E-state index is 0.0704. The Labute approximate surface area is 169 Å². The molecule has 3 aromatic rings. The van der Waals surface area contributed by atoms with Crippen LogP contribution in [0, 0.1) is 0 Å². The number of imidazole rings is 1. The SMILES string of the molecule is CC(CCCc1ccc(Cl)cc1)(Cn1ccnc1)Sc1ccc(Cl)cc1. The minimum Gasteiger partial charge on any atom is -0.336 e. The normalized spacial score (nSPS) is 13.5. The molecule has 1 heterocycles. The molecular formula is C21H22Cl2N2S. The van der Waals surface area contributed by atoms with Crippen molar-refractivity contribution >= 4 is 35.0 Å². The molecular weight excluding hydrogens is 383 g/mol. The summed E-state index contributed by atoms with van der Waals surface area (Å²) in [6.07, 6.45) is 9.02. The third kappa shape index (κ3) is 5.80. The van der Waals surface area contributed by atoms with E-state index in [1.54, 1.807) is 0 Å². The van der Waals surface area contributed by atoms with Gasteiger partial charge in [0.15, 0.2) is 0 Å². The fraction of sp³-hybridized carbons (Fsp3) is 0.286. The Morgan fingerprint density at radius 1 is 1.00 bits per heavy atom. The first-order valence-electron chi connectivity index (χ1n) is 8.67. The molecule has 2 aromatic carbocycles. The number of aryl methyl sites for hydroxylation is 1. The van der Waals surface area contributed by atoms with E-state index in [9.17, 15) is 0 Å². The van der Waals surface area contributed by atoms with Gasteiger partial charge in [0.25, 0.3) is 0 Å². The van der Waals surface area contributed by atoms with Gasteiger partial charge >= 0.3 is 0 Å². The van der Waals surface area contributed by atoms with Crippen molar-refractivity contribution in [3.63, 3.8) is 0 Å². The van der Waals surface area contributed by atoms with Gasteiger partial charge in [-0.15, -0.1) is 11.8 Å². The second kappa shape index (κ2) is 8.98. The maximum atomic E-state index is 6.03. The van der Waals surface area contributed by atoms with Crippen molar-refractivity contribution < 1.29 is 0 Å². The third-order valence-corrected chi connectivity index (χ3v) is 6.18. The van der Waals surface area contributed by atoms with Gasteiger partial charge in [-0.3, -0.25) is 0 Å². The quantitative estimate of drug-likeness (QED) is 0.385. The summed E-state index contributed by atoms with van der Waals surface area (Å²) in [5, 5.41) is 1.56. The first-order valence-corrected chi connectivity index (χ1v) is 10.2. The van der Waals surface area contributed by atoms with E-state index in [0.29, 0.717) is 0 Å². The molecule has 5 heteroatoms. The number of hydrogen-bond donors (Lipinski definition) is 0. The van der Waals surface area contributed by atoms with Crippen LogP contribution in [0.5, 0.6) is 0 Å². The first kappa shape index (κ1) is 19.3. The highest BCUT2D eigenvalue weighted by atomic mass is 35.5. The van der Waals surface area contributed by atoms with E-state index in [-0.39, 0.29) is 4.75 Å². The summed E-state index contributed by atoms with van der Waals surface area (Å²) in [5.41, 5.74) is 1.33. The summed E-state index contributed by atoms with van der Waals surface area (Å²) in [6.45, 7) is 3.25. The van der Waals surface area contributed by atoms with E-state index >= 15 is 0 Å². The van der Waals surface area contributed by atoms with Crippen LogP contribution in [0.1, 0.15) is 25.3 Å². The number of nitrogens with zero attached hydrogens (tertiary/aromatic N) is 2. The summed E-state index contributed by atoms with van der Waals surface area (Å²) in [5.74, 6) is 0. The zero-order chi connectivity index (χ0) is 18.4. The van der Waals surface area contributed by atoms with Crippen LogP contribution < -0.4 is 0 Å². The van der Waals surface area contributed by atoms with E-state index in [2.05, 4.69) is 40.7 Å². The van der Waals surface area contributed by atoms with Crippen molar-refractivity contribution in [1.29, 1.82) is 0 Å². The molecule has 136 valence electrons. The lowest BCUT2D eigenvalue weighted by Crippen LogP contribution is -2.26. The van der Waals surface area contributed by atoms with Crippen molar-refractivity contribution in [3.8, 4) is 0 Å². The molecule has 0 saturated heterocycles. The largest absolute Gasteiger partial charge is 0.336 e. The standard InChI is InChI=1S/C21H22Cl2N2S/c1-21(15-25-14-13-24-16-25,26-20-10-8-19(23)9-11-20)12-2-3-17-4-6-18(22)7-5-17/h4-11,13-14,16H,2-3,12,15H2,1H3. The van der Waals surface area contributed by atoms with Crippen LogP contribution >= 0.6 is 35.0 Å². The van der Waals surface area contributed by atoms with Gasteiger partial charge in [-0.2, -0.15) is 0 Å². The van der Waals surface area contributed by atoms with E-state index in [1.165, 1.54) is 10.5 Å². The summed E-state index contributed by atoms with van der Waals surface area (Å²) < 4.78 is 2.23. The summed E-state index contributed by atoms with van der Waals surface area (Å²) in [7, 11) is 0. The maximum absolute atomic E-state index is 6.03. The predicted octanol–water partition coefficient (Wildman–Crippen LogP) is 6.76. The Kier molecular flexibility index (Phi) is 6.68. The van der Waals surface area contributed by atoms with Gasteiger partial charge in [0.2, 0.25) is 0 Å². The molecule has 0 fully saturated rings. The van der Waals surface area contributed by atoms with Crippen LogP contribution in [0.4, 0.5) is 0 Å². The summed E-state index contributed by atoms with van der Waals surface area (Å²) in [4.78, 5) is 5.42. The Balaban J connectivity index is 1.67. The van der Waals surface area contributed by atoms with Gasteiger partial charge in [-0.05, 0) is 68.1 Å². The Morgan fingerprint density at radius 3 is 2.27 bits per heavy atom. The van der Waals surface area contributed by atoms with Crippen LogP contribution in [0.3, 0.4) is 0 Å². The zero-order valence-corrected chi connectivity index (χ0v) is 17.1. The molecule has 0 aliphatic carbocycles. The Hall–Kier alpha value is -1.42. The maximum Gasteiger partial charge on any atom is 0.0946 e. The molecule has 26 heavy (non-hydrogen) atoms. The fourth-order valence-corrected chi connectivity index (χ4v) is 4.59. The predicted molar refractivity (Wildman–Crippen MR) is 112 cm³/mol. The van der Waals surface area contributed by atoms with Crippen molar-refractivity contribution in [1.82, 2.24) is 9.55 Å². The van der Waals surface area contributed by atoms with Crippen molar-refractivity contribution in [2.75, 3.05) is 0 Å². The molecule has 0 aliphatic heterocycles. The van der Waals surface area contributed by atoms with Gasteiger partial charge in [-0.25, -0.2) is 4.98 Å². The van der Waals surface area contributed by atoms with E-state index in [4.69, 9.17) is 23.2 Å². The third-order valence-electron chi connectivity index (χ3n) is 4.34. The molecule has 0 amide bonds. The van der Waals surface area contributed by atoms with Gasteiger partial charge in [0.05, 0.1) is 6.33 Å². The van der Waals surface area contributed by atoms with Crippen LogP contribution in [0.2, 0.25) is 10.0 Å². The Bertz CT molecular complexity index is 801. The lowest BCUT2D eigenvalue weighted by Gasteiger charge is -2.29. The fourth-order valence-electron chi connectivity index (χ4n) is 3.03. The van der Waals surface area contributed by atoms with Crippen LogP contribution in [0.15, 0.2) is 72.1 Å². The van der Waals surface area contributed by atoms with E-state index < -0.39 is 0 Å². The van der Waals surface area contributed by atoms with Crippen LogP contribution in [0.25, 0.3) is 0 Å². The van der Waals surface area contributed by atoms with Gasteiger partial charge in [-0.1, -0.05) is 35.3 Å². The highest BCUT2D eigenvalue weighted by Gasteiger charge is 2.26. The molecule has 0 aliphatic rings. The van der Waals surface area contributed by atoms with Gasteiger partial charge < -0.3 is 4.57 Å². The van der Waals surface area contributed by atoms with Crippen molar-refractivity contribution in [2.45, 2.75) is 42.4 Å². The number of hydrogen-bond acceptors (Lipinski definition) is 2. The molecule has 0 saturated carbocycles. The van der Waals surface area contributed by atoms with Gasteiger partial charge in [0, 0.05) is 38.6 Å². The lowest BCUT2D eigenvalue weighted by molar-refractivity contribution is 0.480. The number of rotatable bonds is 8. The molecule has 1 aromatic heterocycles. The molecule has 3 rings (SSSR count). The van der Waals surface area contributed by atoms with Gasteiger partial charge in [0.1, 0.15) is 0 Å². The average molecular weight is 405 g/mol. The monoisotopic (exact) mass is 404 g/mol. The van der Waals surface area contributed by atoms with E-state index in [0.717, 1.165) is 35.9 Å². The number of benzene rings is 2. The second-order valence-corrected chi connectivity index (χ2v) is 9.25. The highest BCUT2D eigenvalue weighted by molar-refractivity contribution is 8.00. The van der Waals surface area contributed by atoms with Crippen molar-refractivity contribution in [3.05, 3.63) is 82.9 Å². The first-order chi connectivity index (χ1) is 12.5. The molecule has 1 unspecified atom stereocenters. The van der Waals surface area contributed by atoms with E-state index in [1.807, 2.05) is 54.7 Å². The number of thioether (sulfide) groups is 1. The molecule has 1 atom stereocenters. The number of halogens is 2. The smallest absolute Gasteiger partial charge is 0.0946 e. The lowest BCUT2D eigenvalue weighted by atomic mass is 10.00. The zero-order valence-electron chi connectivity index (χ0n) is 14.7. The molecule has 0 radical (unpaired) electrons. The number of aromatic nitrogens is 2. The molecule has 0 spiro atoms. The highest BCUT2D eigenvalue weighted by Crippen LogP contribution is 2.38. The average Bonchev–Trinajstić information content (AvgIpc) is 3.11.